The Bertz CT molecular complexity index is 982. The third kappa shape index (κ3) is 3.17. The number of halogens is 3. The lowest BCUT2D eigenvalue weighted by molar-refractivity contribution is -0.495. The number of nitrogens with zero attached hydrogens (tertiary/aromatic N) is 3. The molecule has 0 bridgehead atoms. The first kappa shape index (κ1) is 21.0. The number of hydrogen-bond donors (Lipinski definition) is 1. The van der Waals surface area contributed by atoms with Gasteiger partial charge >= 0.3 is 0 Å². The summed E-state index contributed by atoms with van der Waals surface area (Å²) in [5.41, 5.74) is 8.75. The molecule has 2 aliphatic rings. The summed E-state index contributed by atoms with van der Waals surface area (Å²) in [7, 11) is 2.01. The molecule has 7 heteroatoms. The van der Waals surface area contributed by atoms with E-state index < -0.39 is 0 Å². The summed E-state index contributed by atoms with van der Waals surface area (Å²) in [6, 6.07) is 9.47. The molecule has 0 spiro atoms. The molecule has 2 aliphatic heterocycles. The Labute approximate surface area is 179 Å². The molecule has 2 aromatic carbocycles. The largest absolute Gasteiger partial charge is 1.00 e. The summed E-state index contributed by atoms with van der Waals surface area (Å²) in [4.78, 5) is 4.93. The van der Waals surface area contributed by atoms with Gasteiger partial charge in [-0.15, -0.1) is 5.01 Å². The molecule has 0 fully saturated rings. The molecule has 4 nitrogen and oxygen atoms in total. The van der Waals surface area contributed by atoms with Gasteiger partial charge in [0.1, 0.15) is 11.5 Å². The monoisotopic (exact) mass is 464 g/mol. The fourth-order valence-electron chi connectivity index (χ4n) is 4.02. The summed E-state index contributed by atoms with van der Waals surface area (Å²) in [5.74, 6) is 0.810. The SMILES string of the molecule is CCc1ccc2c(c1Br)C(c1c(C)cccc1F)=NCC1N(C)NC(C)=[N+]21.[Cl-]. The van der Waals surface area contributed by atoms with Crippen molar-refractivity contribution in [3.05, 3.63) is 62.9 Å². The molecule has 2 heterocycles. The summed E-state index contributed by atoms with van der Waals surface area (Å²) in [5, 5.41) is 2.06. The van der Waals surface area contributed by atoms with Crippen LogP contribution in [0, 0.1) is 12.7 Å². The normalized spacial score (nSPS) is 18.6. The van der Waals surface area contributed by atoms with Crippen molar-refractivity contribution in [2.45, 2.75) is 33.4 Å². The molecule has 28 heavy (non-hydrogen) atoms. The summed E-state index contributed by atoms with van der Waals surface area (Å²) < 4.78 is 18.1. The standard InChI is InChI=1S/C21H22BrFN4.ClH/c1-5-14-9-10-16-19(20(14)22)21(18-12(2)7-6-8-15(18)23)24-11-17-26(4)25-13(3)27(16)17;/h6-10,17H,5,11H2,1-4H3;1H. The van der Waals surface area contributed by atoms with Crippen molar-refractivity contribution in [2.75, 3.05) is 13.6 Å². The third-order valence-electron chi connectivity index (χ3n) is 5.39. The van der Waals surface area contributed by atoms with Gasteiger partial charge in [0, 0.05) is 24.0 Å². The number of hydrogen-bond acceptors (Lipinski definition) is 3. The molecular weight excluding hydrogens is 443 g/mol. The number of nitrogens with one attached hydrogen (secondary N) is 1. The van der Waals surface area contributed by atoms with Gasteiger partial charge in [0.25, 0.3) is 5.84 Å². The van der Waals surface area contributed by atoms with Gasteiger partial charge in [0.2, 0.25) is 6.17 Å². The Morgan fingerprint density at radius 3 is 2.68 bits per heavy atom. The van der Waals surface area contributed by atoms with Crippen LogP contribution in [0.3, 0.4) is 0 Å². The zero-order valence-corrected chi connectivity index (χ0v) is 18.7. The number of rotatable bonds is 2. The minimum Gasteiger partial charge on any atom is -1.00 e. The van der Waals surface area contributed by atoms with Gasteiger partial charge in [-0.25, -0.2) is 8.97 Å². The number of benzene rings is 2. The first-order valence-corrected chi connectivity index (χ1v) is 9.97. The maximum atomic E-state index is 14.9. The highest BCUT2D eigenvalue weighted by Crippen LogP contribution is 2.37. The van der Waals surface area contributed by atoms with Crippen LogP contribution >= 0.6 is 15.9 Å². The van der Waals surface area contributed by atoms with Crippen molar-refractivity contribution in [2.24, 2.45) is 4.99 Å². The molecule has 4 rings (SSSR count). The van der Waals surface area contributed by atoms with E-state index in [1.54, 1.807) is 6.07 Å². The van der Waals surface area contributed by atoms with E-state index in [1.165, 1.54) is 11.6 Å². The molecule has 0 amide bonds. The van der Waals surface area contributed by atoms with Crippen LogP contribution in [0.25, 0.3) is 0 Å². The predicted octanol–water partition coefficient (Wildman–Crippen LogP) is 1.15. The van der Waals surface area contributed by atoms with Gasteiger partial charge in [0.05, 0.1) is 17.8 Å². The van der Waals surface area contributed by atoms with Crippen LogP contribution in [0.4, 0.5) is 10.1 Å². The van der Waals surface area contributed by atoms with Crippen LogP contribution in [-0.2, 0) is 6.42 Å². The van der Waals surface area contributed by atoms with E-state index in [-0.39, 0.29) is 24.4 Å². The van der Waals surface area contributed by atoms with E-state index >= 15 is 0 Å². The highest BCUT2D eigenvalue weighted by atomic mass is 79.9. The Balaban J connectivity index is 0.00000225. The zero-order chi connectivity index (χ0) is 19.3. The first-order valence-electron chi connectivity index (χ1n) is 9.18. The van der Waals surface area contributed by atoms with Crippen molar-refractivity contribution < 1.29 is 21.4 Å². The van der Waals surface area contributed by atoms with E-state index in [4.69, 9.17) is 4.99 Å². The molecule has 148 valence electrons. The fraction of sp³-hybridized carbons (Fsp3) is 0.333. The molecule has 2 aromatic rings. The fourth-order valence-corrected chi connectivity index (χ4v) is 4.83. The second kappa shape index (κ2) is 7.93. The first-order chi connectivity index (χ1) is 12.9. The Morgan fingerprint density at radius 2 is 2.00 bits per heavy atom. The average molecular weight is 466 g/mol. The van der Waals surface area contributed by atoms with Crippen molar-refractivity contribution in [1.29, 1.82) is 0 Å². The van der Waals surface area contributed by atoms with E-state index in [2.05, 4.69) is 56.9 Å². The molecule has 0 aromatic heterocycles. The predicted molar refractivity (Wildman–Crippen MR) is 110 cm³/mol. The lowest BCUT2D eigenvalue weighted by Crippen LogP contribution is -3.00. The van der Waals surface area contributed by atoms with Crippen molar-refractivity contribution in [3.63, 3.8) is 0 Å². The summed E-state index contributed by atoms with van der Waals surface area (Å²) >= 11 is 3.81. The summed E-state index contributed by atoms with van der Waals surface area (Å²) in [6.07, 6.45) is 0.939. The maximum absolute atomic E-state index is 14.9. The molecule has 1 atom stereocenters. The second-order valence-corrected chi connectivity index (χ2v) is 7.86. The molecule has 0 saturated heterocycles. The summed E-state index contributed by atoms with van der Waals surface area (Å²) in [6.45, 7) is 6.67. The second-order valence-electron chi connectivity index (χ2n) is 7.07. The van der Waals surface area contributed by atoms with Crippen LogP contribution in [0.5, 0.6) is 0 Å². The third-order valence-corrected chi connectivity index (χ3v) is 6.30. The number of fused-ring (bicyclic) bond motifs is 3. The van der Waals surface area contributed by atoms with Gasteiger partial charge in [-0.3, -0.25) is 4.99 Å². The van der Waals surface area contributed by atoms with E-state index in [9.17, 15) is 4.39 Å². The van der Waals surface area contributed by atoms with Gasteiger partial charge in [0.15, 0.2) is 0 Å². The van der Waals surface area contributed by atoms with E-state index in [0.29, 0.717) is 12.1 Å². The van der Waals surface area contributed by atoms with Crippen LogP contribution in [0.2, 0.25) is 0 Å². The van der Waals surface area contributed by atoms with E-state index in [0.717, 1.165) is 39.3 Å². The Morgan fingerprint density at radius 1 is 1.25 bits per heavy atom. The van der Waals surface area contributed by atoms with Crippen LogP contribution < -0.4 is 17.8 Å². The molecule has 0 aliphatic carbocycles. The topological polar surface area (TPSA) is 30.6 Å². The smallest absolute Gasteiger partial charge is 0.266 e. The highest BCUT2D eigenvalue weighted by molar-refractivity contribution is 9.10. The van der Waals surface area contributed by atoms with Crippen molar-refractivity contribution >= 4 is 33.2 Å². The van der Waals surface area contributed by atoms with Crippen molar-refractivity contribution in [3.8, 4) is 0 Å². The zero-order valence-electron chi connectivity index (χ0n) is 16.4. The van der Waals surface area contributed by atoms with Crippen LogP contribution in [-0.4, -0.2) is 40.9 Å². The lowest BCUT2D eigenvalue weighted by atomic mass is 9.94. The van der Waals surface area contributed by atoms with Crippen LogP contribution in [0.1, 0.15) is 36.1 Å². The number of likely N-dealkylation sites (N-methyl/N-ethyl adjacent to an activating group) is 1. The minimum atomic E-state index is -0.234. The molecular formula is C21H23BrClFN4. The number of amidine groups is 1. The minimum absolute atomic E-state index is 0. The molecule has 1 N–H and O–H groups in total. The lowest BCUT2D eigenvalue weighted by Gasteiger charge is -2.17. The van der Waals surface area contributed by atoms with Crippen LogP contribution in [0.15, 0.2) is 39.8 Å². The average Bonchev–Trinajstić information content (AvgIpc) is 2.80. The molecule has 0 radical (unpaired) electrons. The number of hydrazine groups is 1. The van der Waals surface area contributed by atoms with Gasteiger partial charge in [-0.2, -0.15) is 5.43 Å². The number of aliphatic imine (C=N–C) groups is 1. The van der Waals surface area contributed by atoms with Gasteiger partial charge in [-0.05, 0) is 52.5 Å². The molecule has 1 unspecified atom stereocenters. The molecule has 0 saturated carbocycles. The maximum Gasteiger partial charge on any atom is 0.266 e. The van der Waals surface area contributed by atoms with Crippen molar-refractivity contribution in [1.82, 2.24) is 10.4 Å². The van der Waals surface area contributed by atoms with E-state index in [1.807, 2.05) is 20.0 Å². The van der Waals surface area contributed by atoms with Gasteiger partial charge < -0.3 is 12.4 Å². The number of aryl methyl sites for hydroxylation is 2. The van der Waals surface area contributed by atoms with Gasteiger partial charge in [-0.1, -0.05) is 25.1 Å². The highest BCUT2D eigenvalue weighted by Gasteiger charge is 2.40. The Kier molecular flexibility index (Phi) is 5.94. The quantitative estimate of drug-likeness (QED) is 0.675. The Hall–Kier alpha value is -1.76.